The van der Waals surface area contributed by atoms with Gasteiger partial charge in [0.05, 0.1) is 24.4 Å². The molecule has 1 aliphatic rings. The maximum Gasteiger partial charge on any atom is 0.171 e. The summed E-state index contributed by atoms with van der Waals surface area (Å²) in [7, 11) is 0. The Morgan fingerprint density at radius 3 is 1.50 bits per heavy atom. The van der Waals surface area contributed by atoms with Crippen LogP contribution in [0.2, 0.25) is 0 Å². The van der Waals surface area contributed by atoms with E-state index >= 15 is 0 Å². The molecule has 148 valence electrons. The first-order valence-electron chi connectivity index (χ1n) is 8.61. The van der Waals surface area contributed by atoms with Crippen molar-refractivity contribution in [3.8, 4) is 0 Å². The molecule has 1 fully saturated rings. The molecule has 0 radical (unpaired) electrons. The van der Waals surface area contributed by atoms with Crippen molar-refractivity contribution in [2.24, 2.45) is 23.3 Å². The van der Waals surface area contributed by atoms with E-state index in [0.717, 1.165) is 0 Å². The van der Waals surface area contributed by atoms with Crippen LogP contribution in [0.3, 0.4) is 0 Å². The van der Waals surface area contributed by atoms with Crippen LogP contribution in [0.15, 0.2) is 70.2 Å². The van der Waals surface area contributed by atoms with Crippen LogP contribution in [0.5, 0.6) is 0 Å². The van der Waals surface area contributed by atoms with E-state index in [1.807, 2.05) is 0 Å². The fourth-order valence-corrected chi connectivity index (χ4v) is 3.77. The summed E-state index contributed by atoms with van der Waals surface area (Å²) in [5, 5.41) is 22.3. The van der Waals surface area contributed by atoms with E-state index in [4.69, 9.17) is 20.3 Å². The van der Waals surface area contributed by atoms with Crippen LogP contribution in [0, 0.1) is 11.8 Å². The Hall–Kier alpha value is -3.10. The number of aliphatic hydroxyl groups is 2. The van der Waals surface area contributed by atoms with Gasteiger partial charge >= 0.3 is 0 Å². The molecule has 4 unspecified atom stereocenters. The molecular weight excluding hydrogens is 364 g/mol. The molecule has 6 N–H and O–H groups in total. The fourth-order valence-electron chi connectivity index (χ4n) is 3.77. The van der Waals surface area contributed by atoms with Gasteiger partial charge in [-0.3, -0.25) is 9.59 Å². The van der Waals surface area contributed by atoms with E-state index < -0.39 is 47.4 Å². The van der Waals surface area contributed by atoms with Crippen molar-refractivity contribution in [3.05, 3.63) is 72.9 Å². The minimum Gasteiger partial charge on any atom is -0.466 e. The predicted molar refractivity (Wildman–Crippen MR) is 98.1 cm³/mol. The summed E-state index contributed by atoms with van der Waals surface area (Å²) in [6.45, 7) is 7.12. The van der Waals surface area contributed by atoms with Crippen molar-refractivity contribution in [1.82, 2.24) is 0 Å². The standard InChI is InChI=1S/C20H22N2O6/c1-11(21)19(25,17-5-3-7-27-17)13-9-16(24)14(10-15(13)23)20(26,12(2)22)18-6-4-8-28-18/h3-8,13-14,25-26H,1-2,9-10,21-22H2. The van der Waals surface area contributed by atoms with Crippen LogP contribution in [0.4, 0.5) is 0 Å². The molecule has 8 nitrogen and oxygen atoms in total. The van der Waals surface area contributed by atoms with Gasteiger partial charge < -0.3 is 30.5 Å². The summed E-state index contributed by atoms with van der Waals surface area (Å²) in [6, 6.07) is 5.94. The van der Waals surface area contributed by atoms with Gasteiger partial charge in [0.15, 0.2) is 11.2 Å². The minimum absolute atomic E-state index is 0.00845. The van der Waals surface area contributed by atoms with E-state index in [0.29, 0.717) is 0 Å². The van der Waals surface area contributed by atoms with Gasteiger partial charge in [-0.2, -0.15) is 0 Å². The number of hydrogen-bond acceptors (Lipinski definition) is 8. The lowest BCUT2D eigenvalue weighted by molar-refractivity contribution is -0.154. The molecule has 4 atom stereocenters. The first-order chi connectivity index (χ1) is 13.1. The summed E-state index contributed by atoms with van der Waals surface area (Å²) >= 11 is 0. The molecule has 0 saturated heterocycles. The molecule has 1 saturated carbocycles. The molecule has 1 aliphatic carbocycles. The van der Waals surface area contributed by atoms with Gasteiger partial charge in [-0.25, -0.2) is 0 Å². The summed E-state index contributed by atoms with van der Waals surface area (Å²) in [6.07, 6.45) is 1.84. The first-order valence-corrected chi connectivity index (χ1v) is 8.61. The molecule has 2 heterocycles. The van der Waals surface area contributed by atoms with Crippen molar-refractivity contribution in [1.29, 1.82) is 0 Å². The third-order valence-corrected chi connectivity index (χ3v) is 5.37. The number of carbonyl (C=O) groups is 2. The van der Waals surface area contributed by atoms with Crippen LogP contribution < -0.4 is 11.5 Å². The SMILES string of the molecule is C=C(N)C(O)(c1ccco1)C1CC(=O)C(C(O)(C(=C)N)c2ccco2)CC1=O. The second kappa shape index (κ2) is 6.81. The maximum absolute atomic E-state index is 13.0. The van der Waals surface area contributed by atoms with Crippen molar-refractivity contribution < 1.29 is 28.6 Å². The van der Waals surface area contributed by atoms with E-state index in [9.17, 15) is 19.8 Å². The highest BCUT2D eigenvalue weighted by atomic mass is 16.4. The Balaban J connectivity index is 1.99. The molecule has 2 aromatic heterocycles. The van der Waals surface area contributed by atoms with Crippen LogP contribution in [0.25, 0.3) is 0 Å². The Bertz CT molecular complexity index is 840. The average molecular weight is 386 g/mol. The molecule has 3 rings (SSSR count). The molecule has 0 aromatic carbocycles. The highest BCUT2D eigenvalue weighted by Crippen LogP contribution is 2.46. The number of furan rings is 2. The fraction of sp³-hybridized carbons (Fsp3) is 0.300. The van der Waals surface area contributed by atoms with Crippen LogP contribution in [-0.4, -0.2) is 21.8 Å². The van der Waals surface area contributed by atoms with Gasteiger partial charge in [-0.05, 0) is 24.3 Å². The van der Waals surface area contributed by atoms with Gasteiger partial charge in [-0.1, -0.05) is 13.2 Å². The van der Waals surface area contributed by atoms with E-state index in [2.05, 4.69) is 13.2 Å². The zero-order valence-corrected chi connectivity index (χ0v) is 15.1. The highest BCUT2D eigenvalue weighted by Gasteiger charge is 2.56. The van der Waals surface area contributed by atoms with E-state index in [1.54, 1.807) is 0 Å². The molecule has 0 amide bonds. The van der Waals surface area contributed by atoms with Gasteiger partial charge in [0, 0.05) is 24.2 Å². The summed E-state index contributed by atoms with van der Waals surface area (Å²) < 4.78 is 10.5. The van der Waals surface area contributed by atoms with Crippen LogP contribution in [-0.2, 0) is 20.8 Å². The zero-order valence-electron chi connectivity index (χ0n) is 15.1. The number of hydrogen-bond donors (Lipinski definition) is 4. The average Bonchev–Trinajstić information content (AvgIpc) is 3.35. The lowest BCUT2D eigenvalue weighted by Gasteiger charge is -2.41. The lowest BCUT2D eigenvalue weighted by atomic mass is 9.65. The zero-order chi connectivity index (χ0) is 20.7. The third-order valence-electron chi connectivity index (χ3n) is 5.37. The highest BCUT2D eigenvalue weighted by molar-refractivity contribution is 5.98. The Kier molecular flexibility index (Phi) is 4.78. The van der Waals surface area contributed by atoms with Crippen LogP contribution >= 0.6 is 0 Å². The summed E-state index contributed by atoms with van der Waals surface area (Å²) in [4.78, 5) is 25.9. The number of Topliss-reactive ketones (excluding diaryl/α,β-unsaturated/α-hetero) is 2. The van der Waals surface area contributed by atoms with Crippen molar-refractivity contribution in [2.45, 2.75) is 24.0 Å². The van der Waals surface area contributed by atoms with Gasteiger partial charge in [-0.15, -0.1) is 0 Å². The third kappa shape index (κ3) is 2.78. The van der Waals surface area contributed by atoms with Crippen LogP contribution in [0.1, 0.15) is 24.4 Å². The van der Waals surface area contributed by atoms with Crippen molar-refractivity contribution in [2.75, 3.05) is 0 Å². The van der Waals surface area contributed by atoms with Crippen molar-refractivity contribution >= 4 is 11.6 Å². The van der Waals surface area contributed by atoms with Crippen molar-refractivity contribution in [3.63, 3.8) is 0 Å². The van der Waals surface area contributed by atoms with Gasteiger partial charge in [0.25, 0.3) is 0 Å². The smallest absolute Gasteiger partial charge is 0.171 e. The summed E-state index contributed by atoms with van der Waals surface area (Å²) in [5.74, 6) is -3.41. The molecule has 2 aromatic rings. The second-order valence-corrected chi connectivity index (χ2v) is 6.98. The van der Waals surface area contributed by atoms with Gasteiger partial charge in [0.2, 0.25) is 0 Å². The largest absolute Gasteiger partial charge is 0.466 e. The topological polar surface area (TPSA) is 153 Å². The van der Waals surface area contributed by atoms with Gasteiger partial charge in [0.1, 0.15) is 23.1 Å². The molecule has 0 spiro atoms. The number of carbonyl (C=O) groups excluding carboxylic acids is 2. The lowest BCUT2D eigenvalue weighted by Crippen LogP contribution is -2.53. The monoisotopic (exact) mass is 386 g/mol. The molecule has 28 heavy (non-hydrogen) atoms. The van der Waals surface area contributed by atoms with E-state index in [-0.39, 0.29) is 22.9 Å². The molecule has 8 heteroatoms. The Labute approximate surface area is 161 Å². The summed E-state index contributed by atoms with van der Waals surface area (Å²) in [5.41, 5.74) is 7.01. The minimum atomic E-state index is -2.05. The number of rotatable bonds is 6. The molecule has 0 bridgehead atoms. The normalized spacial score (nSPS) is 24.4. The van der Waals surface area contributed by atoms with E-state index in [1.165, 1.54) is 36.8 Å². The quantitative estimate of drug-likeness (QED) is 0.575. The number of nitrogens with two attached hydrogens (primary N) is 2. The molecular formula is C20H22N2O6. The Morgan fingerprint density at radius 2 is 1.25 bits per heavy atom. The first kappa shape index (κ1) is 19.7. The maximum atomic E-state index is 13.0. The Morgan fingerprint density at radius 1 is 0.893 bits per heavy atom. The predicted octanol–water partition coefficient (Wildman–Crippen LogP) is 1.06. The second-order valence-electron chi connectivity index (χ2n) is 6.98. The molecule has 0 aliphatic heterocycles. The number of ketones is 2.